The molecule has 0 bridgehead atoms. The molecule has 1 saturated heterocycles. The lowest BCUT2D eigenvalue weighted by atomic mass is 9.71. The maximum absolute atomic E-state index is 14.6. The minimum absolute atomic E-state index is 0.0158. The van der Waals surface area contributed by atoms with Crippen molar-refractivity contribution in [2.24, 2.45) is 17.3 Å². The molecular weight excluding hydrogens is 885 g/mol. The van der Waals surface area contributed by atoms with E-state index in [1.165, 1.54) is 0 Å². The summed E-state index contributed by atoms with van der Waals surface area (Å²) in [6, 6.07) is 16.7. The summed E-state index contributed by atoms with van der Waals surface area (Å²) in [6.45, 7) is 13.3. The summed E-state index contributed by atoms with van der Waals surface area (Å²) < 4.78 is 5.86. The van der Waals surface area contributed by atoms with Crippen LogP contribution in [0.25, 0.3) is 0 Å². The number of carboxylic acid groups (broad SMARTS) is 1. The smallest absolute Gasteiger partial charge is 0.413 e. The van der Waals surface area contributed by atoms with Crippen molar-refractivity contribution in [3.05, 3.63) is 95.7 Å². The average molecular weight is 955 g/mol. The Hall–Kier alpha value is -6.56. The van der Waals surface area contributed by atoms with Crippen LogP contribution in [0.2, 0.25) is 0 Å². The molecule has 1 spiro atoms. The van der Waals surface area contributed by atoms with Gasteiger partial charge in [0.25, 0.3) is 0 Å². The van der Waals surface area contributed by atoms with E-state index in [1.807, 2.05) is 46.8 Å². The van der Waals surface area contributed by atoms with Gasteiger partial charge in [-0.15, -0.1) is 0 Å². The first kappa shape index (κ1) is 53.4. The Morgan fingerprint density at radius 3 is 1.81 bits per heavy atom. The van der Waals surface area contributed by atoms with Crippen LogP contribution in [0.4, 0.5) is 15.4 Å². The molecule has 0 radical (unpaired) electrons. The van der Waals surface area contributed by atoms with E-state index < -0.39 is 76.6 Å². The zero-order valence-electron chi connectivity index (χ0n) is 40.8. The van der Waals surface area contributed by atoms with Crippen molar-refractivity contribution >= 4 is 47.5 Å². The summed E-state index contributed by atoms with van der Waals surface area (Å²) in [5.74, 6) is -3.13. The number of carbonyl (C=O) groups is 7. The maximum atomic E-state index is 14.6. The fourth-order valence-corrected chi connectivity index (χ4v) is 9.51. The Labute approximate surface area is 404 Å². The summed E-state index contributed by atoms with van der Waals surface area (Å²) in [4.78, 5) is 101. The van der Waals surface area contributed by atoms with Crippen LogP contribution in [-0.2, 0) is 47.2 Å². The number of piperidine rings is 1. The van der Waals surface area contributed by atoms with Gasteiger partial charge < -0.3 is 46.4 Å². The number of carbonyl (C=O) groups excluding carboxylic acids is 6. The predicted molar refractivity (Wildman–Crippen MR) is 258 cm³/mol. The molecule has 8 N–H and O–H groups in total. The van der Waals surface area contributed by atoms with Crippen molar-refractivity contribution < 1.29 is 48.5 Å². The van der Waals surface area contributed by atoms with Gasteiger partial charge in [0.2, 0.25) is 29.5 Å². The second kappa shape index (κ2) is 23.6. The van der Waals surface area contributed by atoms with E-state index in [0.717, 1.165) is 0 Å². The van der Waals surface area contributed by atoms with Gasteiger partial charge in [-0.1, -0.05) is 95.3 Å². The largest absolute Gasteiger partial charge is 0.465 e. The van der Waals surface area contributed by atoms with Crippen molar-refractivity contribution in [3.63, 3.8) is 0 Å². The number of unbranched alkanes of at least 4 members (excludes halogenated alkanes) is 1. The minimum atomic E-state index is -1.42. The van der Waals surface area contributed by atoms with Crippen LogP contribution >= 0.6 is 0 Å². The Balaban J connectivity index is 1.35. The van der Waals surface area contributed by atoms with Crippen LogP contribution < -0.4 is 31.9 Å². The highest BCUT2D eigenvalue weighted by Crippen LogP contribution is 2.42. The third kappa shape index (κ3) is 15.2. The molecule has 18 nitrogen and oxygen atoms in total. The van der Waals surface area contributed by atoms with E-state index in [-0.39, 0.29) is 75.9 Å². The van der Waals surface area contributed by atoms with E-state index in [2.05, 4.69) is 36.9 Å². The molecule has 0 saturated carbocycles. The first-order valence-electron chi connectivity index (χ1n) is 23.8. The SMILES string of the molecule is CC(C)C[C@@H](NC(=O)[C@@H](Cc1ccccc1)NC(=O)[C@@H](Cc1ccccc1)NC(=O)O)C(=O)N[C@H](CCCCNC(=O)C(C(C)(C)C)C(C)(C)O)C(=O)N1CCC2(CC1)OC(=O)Nc1ncccc12. The third-order valence-corrected chi connectivity index (χ3v) is 12.5. The summed E-state index contributed by atoms with van der Waals surface area (Å²) in [5, 5.41) is 36.8. The van der Waals surface area contributed by atoms with Crippen molar-refractivity contribution in [1.29, 1.82) is 0 Å². The summed E-state index contributed by atoms with van der Waals surface area (Å²) in [7, 11) is 0. The number of hydrogen-bond acceptors (Lipinski definition) is 10. The maximum Gasteiger partial charge on any atom is 0.413 e. The van der Waals surface area contributed by atoms with Crippen LogP contribution in [0.15, 0.2) is 79.0 Å². The fraction of sp³-hybridized carbons (Fsp3) is 0.529. The quantitative estimate of drug-likeness (QED) is 0.0673. The van der Waals surface area contributed by atoms with E-state index in [9.17, 15) is 43.8 Å². The molecule has 5 rings (SSSR count). The highest BCUT2D eigenvalue weighted by atomic mass is 16.6. The number of anilines is 1. The van der Waals surface area contributed by atoms with Crippen molar-refractivity contribution in [1.82, 2.24) is 36.5 Å². The fourth-order valence-electron chi connectivity index (χ4n) is 9.51. The van der Waals surface area contributed by atoms with E-state index in [0.29, 0.717) is 35.3 Å². The molecule has 1 unspecified atom stereocenters. The van der Waals surface area contributed by atoms with Crippen molar-refractivity contribution in [2.45, 2.75) is 135 Å². The Bertz CT molecular complexity index is 2240. The number of aromatic nitrogens is 1. The molecule has 1 fully saturated rings. The summed E-state index contributed by atoms with van der Waals surface area (Å²) >= 11 is 0. The average Bonchev–Trinajstić information content (AvgIpc) is 3.27. The van der Waals surface area contributed by atoms with Crippen molar-refractivity contribution in [2.75, 3.05) is 25.0 Å². The van der Waals surface area contributed by atoms with Crippen LogP contribution in [-0.4, -0.2) is 111 Å². The normalized spacial score (nSPS) is 16.6. The summed E-state index contributed by atoms with van der Waals surface area (Å²) in [6.07, 6.45) is 1.31. The lowest BCUT2D eigenvalue weighted by Crippen LogP contribution is -2.59. The number of rotatable bonds is 21. The van der Waals surface area contributed by atoms with E-state index >= 15 is 0 Å². The summed E-state index contributed by atoms with van der Waals surface area (Å²) in [5.41, 5.74) is -0.705. The Morgan fingerprint density at radius 1 is 0.739 bits per heavy atom. The van der Waals surface area contributed by atoms with Gasteiger partial charge in [-0.2, -0.15) is 0 Å². The van der Waals surface area contributed by atoms with E-state index in [1.54, 1.807) is 85.6 Å². The molecule has 3 heterocycles. The number of nitrogens with zero attached hydrogens (tertiary/aromatic N) is 2. The molecule has 2 aromatic carbocycles. The zero-order chi connectivity index (χ0) is 50.5. The molecule has 18 heteroatoms. The van der Waals surface area contributed by atoms with Gasteiger partial charge in [0.05, 0.1) is 11.5 Å². The number of amides is 7. The zero-order valence-corrected chi connectivity index (χ0v) is 40.8. The Morgan fingerprint density at radius 2 is 1.28 bits per heavy atom. The molecule has 374 valence electrons. The molecule has 5 atom stereocenters. The molecular formula is C51H70N8O10. The Kier molecular flexibility index (Phi) is 18.3. The highest BCUT2D eigenvalue weighted by Gasteiger charge is 2.47. The molecule has 1 aromatic heterocycles. The van der Waals surface area contributed by atoms with Gasteiger partial charge in [0.15, 0.2) is 0 Å². The third-order valence-electron chi connectivity index (χ3n) is 12.5. The highest BCUT2D eigenvalue weighted by molar-refractivity contribution is 5.95. The second-order valence-electron chi connectivity index (χ2n) is 20.2. The number of hydrogen-bond donors (Lipinski definition) is 8. The lowest BCUT2D eigenvalue weighted by molar-refractivity contribution is -0.141. The van der Waals surface area contributed by atoms with Gasteiger partial charge in [0, 0.05) is 57.1 Å². The number of benzene rings is 2. The monoisotopic (exact) mass is 955 g/mol. The minimum Gasteiger partial charge on any atom is -0.465 e. The number of aliphatic hydroxyl groups is 1. The molecule has 7 amide bonds. The number of nitrogens with one attached hydrogen (secondary N) is 6. The standard InChI is InChI=1S/C51H70N8O10/c1-32(2)29-37(55-43(61)38(30-33-17-10-8-11-18-33)56-44(62)39(57-47(65)66)31-34-19-12-9-13-20-34)42(60)54-36(22-14-15-25-53-45(63)40(49(3,4)5)50(6,7)68)46(64)59-27-23-51(24-28-59)35-21-16-26-52-41(35)58-48(67)69-51/h8-13,16-21,26,32,36-40,57,68H,14-15,22-25,27-31H2,1-7H3,(H,53,63)(H,54,60)(H,55,61)(H,56,62)(H,65,66)(H,52,58,67)/t36-,37-,38-,39-,40?/m1/s1. The van der Waals surface area contributed by atoms with Crippen LogP contribution in [0.3, 0.4) is 0 Å². The van der Waals surface area contributed by atoms with Gasteiger partial charge in [0.1, 0.15) is 35.6 Å². The number of ether oxygens (including phenoxy) is 1. The number of pyridine rings is 1. The van der Waals surface area contributed by atoms with Crippen LogP contribution in [0.5, 0.6) is 0 Å². The predicted octanol–water partition coefficient (Wildman–Crippen LogP) is 4.80. The van der Waals surface area contributed by atoms with Crippen LogP contribution in [0, 0.1) is 17.3 Å². The first-order valence-corrected chi connectivity index (χ1v) is 23.8. The van der Waals surface area contributed by atoms with Crippen LogP contribution in [0.1, 0.15) is 104 Å². The molecule has 2 aliphatic heterocycles. The van der Waals surface area contributed by atoms with Gasteiger partial charge in [-0.25, -0.2) is 14.6 Å². The van der Waals surface area contributed by atoms with E-state index in [4.69, 9.17) is 4.74 Å². The first-order chi connectivity index (χ1) is 32.6. The molecule has 2 aliphatic rings. The second-order valence-corrected chi connectivity index (χ2v) is 20.2. The topological polar surface area (TPSA) is 257 Å². The number of likely N-dealkylation sites (tertiary alicyclic amines) is 1. The lowest BCUT2D eigenvalue weighted by Gasteiger charge is -2.44. The van der Waals surface area contributed by atoms with Gasteiger partial charge in [-0.05, 0) is 74.1 Å². The number of fused-ring (bicyclic) bond motifs is 2. The van der Waals surface area contributed by atoms with Crippen molar-refractivity contribution in [3.8, 4) is 0 Å². The van der Waals surface area contributed by atoms with Gasteiger partial charge in [-0.3, -0.25) is 29.3 Å². The molecule has 69 heavy (non-hydrogen) atoms. The van der Waals surface area contributed by atoms with Gasteiger partial charge >= 0.3 is 12.2 Å². The molecule has 0 aliphatic carbocycles. The molecule has 3 aromatic rings.